The largest absolute Gasteiger partial charge is 0.491 e. The summed E-state index contributed by atoms with van der Waals surface area (Å²) >= 11 is 0. The number of fused-ring (bicyclic) bond motifs is 1. The van der Waals surface area contributed by atoms with E-state index >= 15 is 0 Å². The second-order valence-electron chi connectivity index (χ2n) is 8.36. The third-order valence-electron chi connectivity index (χ3n) is 5.94. The molecule has 180 valence electrons. The number of anilines is 1. The first-order chi connectivity index (χ1) is 17.1. The minimum atomic E-state index is -0.931. The van der Waals surface area contributed by atoms with Gasteiger partial charge in [0.1, 0.15) is 24.7 Å². The SMILES string of the molecule is O=C(O)CNc1cccc(-c2ccc(-c3nc4[nH]nnc4c(=O)[nH]3)c(OCCN3CCCC3)c2)c1. The summed E-state index contributed by atoms with van der Waals surface area (Å²) in [6.07, 6.45) is 2.41. The molecule has 1 aliphatic rings. The van der Waals surface area contributed by atoms with Gasteiger partial charge in [-0.05, 0) is 61.3 Å². The highest BCUT2D eigenvalue weighted by atomic mass is 16.5. The van der Waals surface area contributed by atoms with Crippen molar-refractivity contribution in [2.45, 2.75) is 12.8 Å². The normalized spacial score (nSPS) is 13.8. The van der Waals surface area contributed by atoms with Crippen LogP contribution in [-0.2, 0) is 4.79 Å². The van der Waals surface area contributed by atoms with E-state index in [1.807, 2.05) is 42.5 Å². The fourth-order valence-electron chi connectivity index (χ4n) is 4.18. The van der Waals surface area contributed by atoms with Gasteiger partial charge in [-0.25, -0.2) is 10.1 Å². The van der Waals surface area contributed by atoms with E-state index in [9.17, 15) is 9.59 Å². The lowest BCUT2D eigenvalue weighted by Gasteiger charge is -2.17. The van der Waals surface area contributed by atoms with Crippen LogP contribution in [-0.4, -0.2) is 74.1 Å². The van der Waals surface area contributed by atoms with Crippen LogP contribution in [0, 0.1) is 0 Å². The first-order valence-corrected chi connectivity index (χ1v) is 11.4. The lowest BCUT2D eigenvalue weighted by molar-refractivity contribution is -0.134. The molecule has 2 aromatic carbocycles. The van der Waals surface area contributed by atoms with E-state index in [1.54, 1.807) is 0 Å². The van der Waals surface area contributed by atoms with Gasteiger partial charge in [0, 0.05) is 12.2 Å². The Balaban J connectivity index is 1.48. The van der Waals surface area contributed by atoms with Crippen molar-refractivity contribution in [3.63, 3.8) is 0 Å². The molecular formula is C24H25N7O4. The zero-order chi connectivity index (χ0) is 24.2. The van der Waals surface area contributed by atoms with Crippen LogP contribution in [0.2, 0.25) is 0 Å². The van der Waals surface area contributed by atoms with Gasteiger partial charge in [-0.2, -0.15) is 0 Å². The van der Waals surface area contributed by atoms with Crippen LogP contribution in [0.1, 0.15) is 12.8 Å². The van der Waals surface area contributed by atoms with Gasteiger partial charge in [0.25, 0.3) is 5.56 Å². The average molecular weight is 476 g/mol. The number of nitrogens with zero attached hydrogens (tertiary/aromatic N) is 4. The first kappa shape index (κ1) is 22.5. The number of rotatable bonds is 9. The van der Waals surface area contributed by atoms with E-state index in [0.717, 1.165) is 30.8 Å². The smallest absolute Gasteiger partial charge is 0.322 e. The molecule has 0 bridgehead atoms. The molecule has 1 saturated heterocycles. The van der Waals surface area contributed by atoms with Gasteiger partial charge in [0.05, 0.1) is 5.56 Å². The first-order valence-electron chi connectivity index (χ1n) is 11.4. The van der Waals surface area contributed by atoms with Crippen LogP contribution < -0.4 is 15.6 Å². The Morgan fingerprint density at radius 1 is 1.14 bits per heavy atom. The van der Waals surface area contributed by atoms with E-state index in [2.05, 4.69) is 35.6 Å². The van der Waals surface area contributed by atoms with E-state index in [1.165, 1.54) is 12.8 Å². The van der Waals surface area contributed by atoms with Crippen molar-refractivity contribution in [1.82, 2.24) is 30.3 Å². The summed E-state index contributed by atoms with van der Waals surface area (Å²) in [6.45, 7) is 3.28. The maximum absolute atomic E-state index is 12.5. The number of aliphatic carboxylic acids is 1. The Labute approximate surface area is 200 Å². The predicted molar refractivity (Wildman–Crippen MR) is 130 cm³/mol. The Kier molecular flexibility index (Phi) is 6.40. The fraction of sp³-hybridized carbons (Fsp3) is 0.292. The van der Waals surface area contributed by atoms with Crippen molar-refractivity contribution in [1.29, 1.82) is 0 Å². The molecule has 5 rings (SSSR count). The number of carboxylic acid groups (broad SMARTS) is 1. The number of benzene rings is 2. The number of ether oxygens (including phenoxy) is 1. The second kappa shape index (κ2) is 9.94. The number of carbonyl (C=O) groups is 1. The van der Waals surface area contributed by atoms with E-state index in [0.29, 0.717) is 35.1 Å². The number of aromatic amines is 2. The van der Waals surface area contributed by atoms with Crippen LogP contribution in [0.15, 0.2) is 47.3 Å². The molecule has 0 radical (unpaired) electrons. The summed E-state index contributed by atoms with van der Waals surface area (Å²) in [5, 5.41) is 21.9. The molecule has 0 saturated carbocycles. The number of H-pyrrole nitrogens is 2. The number of carboxylic acids is 1. The summed E-state index contributed by atoms with van der Waals surface area (Å²) in [5.41, 5.74) is 3.18. The maximum atomic E-state index is 12.5. The highest BCUT2D eigenvalue weighted by Gasteiger charge is 2.16. The Hall–Kier alpha value is -4.25. The third kappa shape index (κ3) is 5.14. The average Bonchev–Trinajstić information content (AvgIpc) is 3.55. The summed E-state index contributed by atoms with van der Waals surface area (Å²) < 4.78 is 6.22. The molecule has 1 fully saturated rings. The van der Waals surface area contributed by atoms with Gasteiger partial charge in [-0.3, -0.25) is 14.5 Å². The molecule has 0 unspecified atom stereocenters. The molecule has 0 aliphatic carbocycles. The molecular weight excluding hydrogens is 450 g/mol. The monoisotopic (exact) mass is 475 g/mol. The zero-order valence-corrected chi connectivity index (χ0v) is 19.0. The maximum Gasteiger partial charge on any atom is 0.322 e. The Morgan fingerprint density at radius 2 is 1.97 bits per heavy atom. The lowest BCUT2D eigenvalue weighted by Crippen LogP contribution is -2.25. The zero-order valence-electron chi connectivity index (χ0n) is 19.0. The molecule has 35 heavy (non-hydrogen) atoms. The molecule has 0 atom stereocenters. The van der Waals surface area contributed by atoms with Crippen molar-refractivity contribution in [2.24, 2.45) is 0 Å². The molecule has 11 heteroatoms. The highest BCUT2D eigenvalue weighted by Crippen LogP contribution is 2.33. The van der Waals surface area contributed by atoms with Crippen molar-refractivity contribution in [3.05, 3.63) is 52.8 Å². The van der Waals surface area contributed by atoms with Gasteiger partial charge >= 0.3 is 5.97 Å². The van der Waals surface area contributed by atoms with Crippen LogP contribution >= 0.6 is 0 Å². The van der Waals surface area contributed by atoms with Gasteiger partial charge in [-0.1, -0.05) is 23.4 Å². The highest BCUT2D eigenvalue weighted by molar-refractivity contribution is 5.78. The molecule has 1 aliphatic heterocycles. The van der Waals surface area contributed by atoms with Crippen molar-refractivity contribution in [3.8, 4) is 28.3 Å². The number of aromatic nitrogens is 5. The van der Waals surface area contributed by atoms with Crippen LogP contribution in [0.5, 0.6) is 5.75 Å². The fourth-order valence-corrected chi connectivity index (χ4v) is 4.18. The van der Waals surface area contributed by atoms with E-state index in [-0.39, 0.29) is 17.6 Å². The van der Waals surface area contributed by atoms with Gasteiger partial charge in [0.2, 0.25) is 0 Å². The van der Waals surface area contributed by atoms with Crippen LogP contribution in [0.3, 0.4) is 0 Å². The summed E-state index contributed by atoms with van der Waals surface area (Å²) in [4.78, 5) is 33.0. The van der Waals surface area contributed by atoms with Gasteiger partial charge in [-0.15, -0.1) is 5.10 Å². The molecule has 0 spiro atoms. The Morgan fingerprint density at radius 3 is 2.80 bits per heavy atom. The minimum Gasteiger partial charge on any atom is -0.491 e. The molecule has 0 amide bonds. The van der Waals surface area contributed by atoms with E-state index in [4.69, 9.17) is 9.84 Å². The van der Waals surface area contributed by atoms with Crippen LogP contribution in [0.4, 0.5) is 5.69 Å². The molecule has 4 N–H and O–H groups in total. The lowest BCUT2D eigenvalue weighted by atomic mass is 10.0. The molecule has 2 aromatic heterocycles. The second-order valence-corrected chi connectivity index (χ2v) is 8.36. The number of likely N-dealkylation sites (tertiary alicyclic amines) is 1. The summed E-state index contributed by atoms with van der Waals surface area (Å²) in [6, 6.07) is 13.2. The summed E-state index contributed by atoms with van der Waals surface area (Å²) in [7, 11) is 0. The minimum absolute atomic E-state index is 0.146. The van der Waals surface area contributed by atoms with Crippen LogP contribution in [0.25, 0.3) is 33.7 Å². The molecule has 4 aromatic rings. The molecule has 11 nitrogen and oxygen atoms in total. The predicted octanol–water partition coefficient (Wildman–Crippen LogP) is 2.35. The van der Waals surface area contributed by atoms with Crippen molar-refractivity contribution < 1.29 is 14.6 Å². The molecule has 3 heterocycles. The quantitative estimate of drug-likeness (QED) is 0.286. The number of nitrogens with one attached hydrogen (secondary N) is 3. The number of hydrogen-bond donors (Lipinski definition) is 4. The topological polar surface area (TPSA) is 149 Å². The van der Waals surface area contributed by atoms with E-state index < -0.39 is 5.97 Å². The Bertz CT molecular complexity index is 1410. The third-order valence-corrected chi connectivity index (χ3v) is 5.94. The van der Waals surface area contributed by atoms with Crippen molar-refractivity contribution >= 4 is 22.8 Å². The number of hydrogen-bond acceptors (Lipinski definition) is 8. The standard InChI is InChI=1S/C24H25N7O4/c32-20(33)14-25-17-5-3-4-15(12-17)16-6-7-18(19(13-16)35-11-10-31-8-1-2-9-31)22-26-23-21(24(34)27-22)28-30-29-23/h3-7,12-13,25H,1-2,8-11,14H2,(H,32,33)(H2,26,27,28,29,30,34). The van der Waals surface area contributed by atoms with Crippen molar-refractivity contribution in [2.75, 3.05) is 38.1 Å². The van der Waals surface area contributed by atoms with Gasteiger partial charge < -0.3 is 20.1 Å². The van der Waals surface area contributed by atoms with Gasteiger partial charge in [0.15, 0.2) is 11.2 Å². The summed E-state index contributed by atoms with van der Waals surface area (Å²) in [5.74, 6) is 0.00749.